The van der Waals surface area contributed by atoms with Gasteiger partial charge in [0.15, 0.2) is 5.76 Å². The second kappa shape index (κ2) is 31.7. The number of allylic oxidation sites excluding steroid dienone is 6. The molecule has 58 heavy (non-hydrogen) atoms. The minimum Gasteiger partial charge on any atom is -0.465 e. The second-order valence-corrected chi connectivity index (χ2v) is 17.7. The summed E-state index contributed by atoms with van der Waals surface area (Å²) in [5.74, 6) is 0.128. The summed E-state index contributed by atoms with van der Waals surface area (Å²) < 4.78 is 24.6. The van der Waals surface area contributed by atoms with Gasteiger partial charge in [0, 0.05) is 16.5 Å². The summed E-state index contributed by atoms with van der Waals surface area (Å²) in [5, 5.41) is 0.465. The van der Waals surface area contributed by atoms with E-state index in [1.807, 2.05) is 33.8 Å². The van der Waals surface area contributed by atoms with Crippen LogP contribution in [0, 0.1) is 29.5 Å². The van der Waals surface area contributed by atoms with E-state index in [4.69, 9.17) is 32.4 Å². The predicted octanol–water partition coefficient (Wildman–Crippen LogP) is 17.8. The van der Waals surface area contributed by atoms with E-state index in [9.17, 15) is 14.0 Å². The Morgan fingerprint density at radius 2 is 1.47 bits per heavy atom. The number of unbranched alkanes of at least 4 members (excludes halogenated alkanes) is 2. The van der Waals surface area contributed by atoms with Gasteiger partial charge in [-0.25, -0.2) is 9.18 Å². The molecule has 0 aliphatic carbocycles. The number of hydrogen-bond donors (Lipinski definition) is 0. The lowest BCUT2D eigenvalue weighted by Gasteiger charge is -2.23. The topological polar surface area (TPSA) is 56.5 Å². The van der Waals surface area contributed by atoms with Crippen molar-refractivity contribution in [2.24, 2.45) is 16.7 Å². The van der Waals surface area contributed by atoms with Gasteiger partial charge in [0.1, 0.15) is 11.6 Å². The van der Waals surface area contributed by atoms with Gasteiger partial charge in [-0.2, -0.15) is 0 Å². The smallest absolute Gasteiger partial charge is 0.337 e. The van der Waals surface area contributed by atoms with E-state index < -0.39 is 5.82 Å². The van der Waals surface area contributed by atoms with Crippen LogP contribution in [0.5, 0.6) is 0 Å². The van der Waals surface area contributed by atoms with Crippen molar-refractivity contribution in [3.63, 3.8) is 0 Å². The molecule has 1 atom stereocenters. The maximum absolute atomic E-state index is 13.8. The Bertz CT molecular complexity index is 1610. The maximum atomic E-state index is 13.8. The Hall–Kier alpha value is -3.15. The van der Waals surface area contributed by atoms with Crippen molar-refractivity contribution in [3.05, 3.63) is 105 Å². The first-order valence-electron chi connectivity index (χ1n) is 21.2. The summed E-state index contributed by atoms with van der Waals surface area (Å²) in [7, 11) is 1.37. The zero-order chi connectivity index (χ0) is 45.8. The molecule has 1 heterocycles. The van der Waals surface area contributed by atoms with Crippen molar-refractivity contribution in [3.8, 4) is 0 Å². The number of halogens is 3. The molecule has 2 rings (SSSR count). The molecule has 4 nitrogen and oxygen atoms in total. The average Bonchev–Trinajstić information content (AvgIpc) is 3.53. The SMILES string of the molecule is C=C(/C=C(\c1oc(C(=O)C(C)CC)cc1C)C(C)(C)C)c1ccc(Cl)c(F)c1.C=C(Cl)/C=C\C(C(=O)OC)=C(\C)CCC.CCC.CCCC.CCCCC(C)(C)C. The molecular weight excluding hydrogens is 766 g/mol. The van der Waals surface area contributed by atoms with Crippen molar-refractivity contribution in [1.29, 1.82) is 0 Å². The first-order chi connectivity index (χ1) is 26.9. The number of carbonyl (C=O) groups is 2. The van der Waals surface area contributed by atoms with Crippen molar-refractivity contribution in [1.82, 2.24) is 0 Å². The zero-order valence-corrected chi connectivity index (χ0v) is 41.2. The van der Waals surface area contributed by atoms with Crippen LogP contribution in [-0.2, 0) is 9.53 Å². The lowest BCUT2D eigenvalue weighted by Crippen LogP contribution is -2.10. The first-order valence-corrected chi connectivity index (χ1v) is 21.9. The van der Waals surface area contributed by atoms with E-state index >= 15 is 0 Å². The molecule has 0 aliphatic heterocycles. The Kier molecular flexibility index (Phi) is 32.4. The minimum atomic E-state index is -0.485. The van der Waals surface area contributed by atoms with Crippen LogP contribution in [0.15, 0.2) is 76.2 Å². The molecule has 0 amide bonds. The van der Waals surface area contributed by atoms with Crippen LogP contribution in [0.1, 0.15) is 189 Å². The summed E-state index contributed by atoms with van der Waals surface area (Å²) in [5.41, 5.74) is 4.91. The Balaban J connectivity index is -0.000000838. The normalized spacial score (nSPS) is 12.2. The van der Waals surface area contributed by atoms with Crippen molar-refractivity contribution < 1.29 is 23.1 Å². The number of benzene rings is 1. The molecule has 0 saturated heterocycles. The van der Waals surface area contributed by atoms with Crippen molar-refractivity contribution in [2.45, 2.75) is 169 Å². The van der Waals surface area contributed by atoms with Gasteiger partial charge < -0.3 is 9.15 Å². The largest absolute Gasteiger partial charge is 0.465 e. The van der Waals surface area contributed by atoms with Crippen LogP contribution in [0.4, 0.5) is 4.39 Å². The molecule has 0 fully saturated rings. The summed E-state index contributed by atoms with van der Waals surface area (Å²) in [6.07, 6.45) is 15.7. The van der Waals surface area contributed by atoms with Gasteiger partial charge in [-0.05, 0) is 97.1 Å². The fourth-order valence-electron chi connectivity index (χ4n) is 4.76. The number of aryl methyl sites for hydroxylation is 1. The molecule has 2 aromatic rings. The Labute approximate surface area is 365 Å². The van der Waals surface area contributed by atoms with E-state index in [0.717, 1.165) is 36.0 Å². The number of ketones is 1. The van der Waals surface area contributed by atoms with Crippen LogP contribution in [0.3, 0.4) is 0 Å². The average molecular weight is 848 g/mol. The molecule has 0 spiro atoms. The van der Waals surface area contributed by atoms with Crippen LogP contribution >= 0.6 is 23.2 Å². The number of methoxy groups -OCH3 is 1. The van der Waals surface area contributed by atoms with Crippen LogP contribution < -0.4 is 0 Å². The van der Waals surface area contributed by atoms with E-state index in [0.29, 0.717) is 38.7 Å². The first kappa shape index (κ1) is 59.2. The third-order valence-corrected chi connectivity index (χ3v) is 9.02. The van der Waals surface area contributed by atoms with E-state index in [1.54, 1.807) is 24.3 Å². The third-order valence-electron chi connectivity index (χ3n) is 8.58. The molecule has 1 unspecified atom stereocenters. The number of Topliss-reactive ketones (excluding diaryl/α,β-unsaturated/α-hetero) is 1. The highest BCUT2D eigenvalue weighted by atomic mass is 35.5. The second-order valence-electron chi connectivity index (χ2n) is 16.8. The maximum Gasteiger partial charge on any atom is 0.337 e. The number of ether oxygens (including phenoxy) is 1. The highest BCUT2D eigenvalue weighted by Crippen LogP contribution is 2.39. The predicted molar refractivity (Wildman–Crippen MR) is 254 cm³/mol. The highest BCUT2D eigenvalue weighted by Gasteiger charge is 2.27. The molecule has 7 heteroatoms. The lowest BCUT2D eigenvalue weighted by atomic mass is 9.82. The third kappa shape index (κ3) is 26.1. The van der Waals surface area contributed by atoms with Gasteiger partial charge in [-0.15, -0.1) is 0 Å². The number of rotatable bonds is 14. The highest BCUT2D eigenvalue weighted by molar-refractivity contribution is 6.31. The molecule has 1 aromatic carbocycles. The van der Waals surface area contributed by atoms with Crippen molar-refractivity contribution in [2.75, 3.05) is 7.11 Å². The van der Waals surface area contributed by atoms with E-state index in [2.05, 4.69) is 96.2 Å². The van der Waals surface area contributed by atoms with E-state index in [-0.39, 0.29) is 28.1 Å². The van der Waals surface area contributed by atoms with Crippen LogP contribution in [-0.4, -0.2) is 18.9 Å². The molecule has 1 aromatic heterocycles. The number of hydrogen-bond acceptors (Lipinski definition) is 4. The van der Waals surface area contributed by atoms with Gasteiger partial charge >= 0.3 is 5.97 Å². The minimum absolute atomic E-state index is 0.00343. The monoisotopic (exact) mass is 847 g/mol. The number of carbonyl (C=O) groups excluding carboxylic acids is 2. The molecule has 0 saturated carbocycles. The molecular formula is C51H81Cl2FO4. The van der Waals surface area contributed by atoms with Gasteiger partial charge in [0.2, 0.25) is 5.78 Å². The Morgan fingerprint density at radius 3 is 1.84 bits per heavy atom. The van der Waals surface area contributed by atoms with Crippen molar-refractivity contribution >= 4 is 46.1 Å². The summed E-state index contributed by atoms with van der Waals surface area (Å²) in [6.45, 7) is 41.3. The van der Waals surface area contributed by atoms with E-state index in [1.165, 1.54) is 57.8 Å². The molecule has 330 valence electrons. The molecule has 0 N–H and O–H groups in total. The van der Waals surface area contributed by atoms with Gasteiger partial charge in [0.05, 0.1) is 17.7 Å². The van der Waals surface area contributed by atoms with Crippen LogP contribution in [0.25, 0.3) is 11.1 Å². The molecule has 0 aliphatic rings. The molecule has 0 radical (unpaired) electrons. The van der Waals surface area contributed by atoms with Gasteiger partial charge in [-0.1, -0.05) is 183 Å². The number of furan rings is 1. The fourth-order valence-corrected chi connectivity index (χ4v) is 4.94. The van der Waals surface area contributed by atoms with Gasteiger partial charge in [0.25, 0.3) is 0 Å². The van der Waals surface area contributed by atoms with Crippen LogP contribution in [0.2, 0.25) is 5.02 Å². The summed E-state index contributed by atoms with van der Waals surface area (Å²) in [4.78, 5) is 24.0. The van der Waals surface area contributed by atoms with Gasteiger partial charge in [-0.3, -0.25) is 4.79 Å². The Morgan fingerprint density at radius 1 is 0.914 bits per heavy atom. The number of esters is 1. The summed E-state index contributed by atoms with van der Waals surface area (Å²) in [6, 6.07) is 6.42. The zero-order valence-electron chi connectivity index (χ0n) is 39.7. The fraction of sp³-hybridized carbons (Fsp3) is 0.569. The lowest BCUT2D eigenvalue weighted by molar-refractivity contribution is -0.135. The quantitative estimate of drug-likeness (QED) is 0.0822. The summed E-state index contributed by atoms with van der Waals surface area (Å²) >= 11 is 11.4. The standard InChI is InChI=1S/C24H28ClFO2.C12H17ClO2.C8H18.C4H10.C3H8/c1-8-14(2)22(27)21-12-16(4)23(28-21)18(24(5,6)7)11-15(3)17-9-10-19(25)20(26)13-17;1-5-6-9(2)11(12(14)15-4)8-7-10(3)13;1-5-6-7-8(2,3)4;1-3-4-2;1-3-2/h9-14H,3,8H2,1-2,4-7H3;7-8H,3,5-6H2,1-2,4H3;5-7H2,1-4H3;3-4H2,1-2H3;3H2,1-2H3/b18-11+;8-7-,11-9+;;;. The molecule has 0 bridgehead atoms.